The summed E-state index contributed by atoms with van der Waals surface area (Å²) in [5, 5.41) is 5.94. The molecule has 2 aromatic carbocycles. The Morgan fingerprint density at radius 1 is 1.00 bits per heavy atom. The average Bonchev–Trinajstić information content (AvgIpc) is 2.76. The number of anilines is 1. The van der Waals surface area contributed by atoms with E-state index in [4.69, 9.17) is 9.47 Å². The minimum atomic E-state index is -0.351. The zero-order valence-electron chi connectivity index (χ0n) is 16.2. The number of carbonyl (C=O) groups is 1. The van der Waals surface area contributed by atoms with Gasteiger partial charge in [-0.05, 0) is 29.8 Å². The van der Waals surface area contributed by atoms with Gasteiger partial charge >= 0.3 is 0 Å². The SMILES string of the molecule is COc1ccc(CNc2cncc(C(=O)NCc3ccccc3F)c2)cc1OC. The van der Waals surface area contributed by atoms with Crippen molar-refractivity contribution in [2.24, 2.45) is 0 Å². The minimum absolute atomic E-state index is 0.106. The van der Waals surface area contributed by atoms with Gasteiger partial charge in [-0.1, -0.05) is 24.3 Å². The van der Waals surface area contributed by atoms with E-state index >= 15 is 0 Å². The first-order chi connectivity index (χ1) is 14.1. The van der Waals surface area contributed by atoms with Gasteiger partial charge in [-0.3, -0.25) is 9.78 Å². The van der Waals surface area contributed by atoms with Gasteiger partial charge in [0.25, 0.3) is 5.91 Å². The Morgan fingerprint density at radius 3 is 2.55 bits per heavy atom. The van der Waals surface area contributed by atoms with Crippen LogP contribution in [-0.2, 0) is 13.1 Å². The summed E-state index contributed by atoms with van der Waals surface area (Å²) in [6.07, 6.45) is 3.10. The maximum atomic E-state index is 13.7. The molecule has 0 saturated heterocycles. The second kappa shape index (κ2) is 9.54. The number of halogens is 1. The third kappa shape index (κ3) is 5.22. The number of pyridine rings is 1. The van der Waals surface area contributed by atoms with Crippen LogP contribution in [0.1, 0.15) is 21.5 Å². The van der Waals surface area contributed by atoms with Crippen LogP contribution in [0.5, 0.6) is 11.5 Å². The maximum Gasteiger partial charge on any atom is 0.253 e. The van der Waals surface area contributed by atoms with Crippen molar-refractivity contribution in [3.8, 4) is 11.5 Å². The highest BCUT2D eigenvalue weighted by molar-refractivity contribution is 5.94. The van der Waals surface area contributed by atoms with Crippen molar-refractivity contribution in [1.29, 1.82) is 0 Å². The lowest BCUT2D eigenvalue weighted by atomic mass is 10.2. The molecule has 0 bridgehead atoms. The lowest BCUT2D eigenvalue weighted by molar-refractivity contribution is 0.0950. The van der Waals surface area contributed by atoms with E-state index in [0.717, 1.165) is 5.56 Å². The molecule has 0 unspecified atom stereocenters. The summed E-state index contributed by atoms with van der Waals surface area (Å²) >= 11 is 0. The monoisotopic (exact) mass is 395 g/mol. The van der Waals surface area contributed by atoms with Crippen LogP contribution in [0.3, 0.4) is 0 Å². The van der Waals surface area contributed by atoms with Crippen molar-refractivity contribution in [3.05, 3.63) is 83.4 Å². The minimum Gasteiger partial charge on any atom is -0.493 e. The number of hydrogen-bond acceptors (Lipinski definition) is 5. The molecule has 0 fully saturated rings. The first kappa shape index (κ1) is 20.1. The molecule has 0 aliphatic carbocycles. The van der Waals surface area contributed by atoms with Crippen LogP contribution in [0.15, 0.2) is 60.9 Å². The van der Waals surface area contributed by atoms with Gasteiger partial charge in [-0.15, -0.1) is 0 Å². The Hall–Kier alpha value is -3.61. The van der Waals surface area contributed by atoms with E-state index < -0.39 is 0 Å². The van der Waals surface area contributed by atoms with Crippen LogP contribution >= 0.6 is 0 Å². The Morgan fingerprint density at radius 2 is 1.79 bits per heavy atom. The molecule has 3 rings (SSSR count). The summed E-state index contributed by atoms with van der Waals surface area (Å²) < 4.78 is 24.2. The van der Waals surface area contributed by atoms with Crippen molar-refractivity contribution in [2.75, 3.05) is 19.5 Å². The number of nitrogens with zero attached hydrogens (tertiary/aromatic N) is 1. The number of methoxy groups -OCH3 is 2. The molecule has 0 aliphatic heterocycles. The molecule has 1 aromatic heterocycles. The predicted molar refractivity (Wildman–Crippen MR) is 109 cm³/mol. The largest absolute Gasteiger partial charge is 0.493 e. The highest BCUT2D eigenvalue weighted by Gasteiger charge is 2.09. The van der Waals surface area contributed by atoms with E-state index in [9.17, 15) is 9.18 Å². The molecule has 150 valence electrons. The van der Waals surface area contributed by atoms with Gasteiger partial charge in [0.15, 0.2) is 11.5 Å². The highest BCUT2D eigenvalue weighted by Crippen LogP contribution is 2.27. The van der Waals surface area contributed by atoms with Crippen molar-refractivity contribution in [2.45, 2.75) is 13.1 Å². The van der Waals surface area contributed by atoms with Crippen LogP contribution in [0.25, 0.3) is 0 Å². The van der Waals surface area contributed by atoms with Gasteiger partial charge in [-0.2, -0.15) is 0 Å². The van der Waals surface area contributed by atoms with Gasteiger partial charge in [-0.25, -0.2) is 4.39 Å². The zero-order valence-corrected chi connectivity index (χ0v) is 16.2. The number of ether oxygens (including phenoxy) is 2. The third-order valence-electron chi connectivity index (χ3n) is 4.34. The van der Waals surface area contributed by atoms with Crippen molar-refractivity contribution in [1.82, 2.24) is 10.3 Å². The zero-order chi connectivity index (χ0) is 20.6. The first-order valence-electron chi connectivity index (χ1n) is 9.02. The van der Waals surface area contributed by atoms with Gasteiger partial charge in [0.1, 0.15) is 5.82 Å². The van der Waals surface area contributed by atoms with E-state index in [2.05, 4.69) is 15.6 Å². The first-order valence-corrected chi connectivity index (χ1v) is 9.02. The normalized spacial score (nSPS) is 10.3. The predicted octanol–water partition coefficient (Wildman–Crippen LogP) is 3.78. The fourth-order valence-electron chi connectivity index (χ4n) is 2.77. The lowest BCUT2D eigenvalue weighted by Gasteiger charge is -2.11. The summed E-state index contributed by atoms with van der Waals surface area (Å²) in [6, 6.07) is 13.7. The molecule has 1 amide bonds. The molecule has 0 aliphatic rings. The topological polar surface area (TPSA) is 72.5 Å². The maximum absolute atomic E-state index is 13.7. The van der Waals surface area contributed by atoms with Gasteiger partial charge in [0.05, 0.1) is 25.5 Å². The second-order valence-electron chi connectivity index (χ2n) is 6.28. The smallest absolute Gasteiger partial charge is 0.253 e. The third-order valence-corrected chi connectivity index (χ3v) is 4.34. The molecule has 7 heteroatoms. The summed E-state index contributed by atoms with van der Waals surface area (Å²) in [6.45, 7) is 0.622. The number of nitrogens with one attached hydrogen (secondary N) is 2. The Balaban J connectivity index is 1.62. The van der Waals surface area contributed by atoms with Crippen LogP contribution < -0.4 is 20.1 Å². The summed E-state index contributed by atoms with van der Waals surface area (Å²) in [7, 11) is 3.17. The number of carbonyl (C=O) groups excluding carboxylic acids is 1. The average molecular weight is 395 g/mol. The van der Waals surface area contributed by atoms with Crippen LogP contribution in [0, 0.1) is 5.82 Å². The van der Waals surface area contributed by atoms with Gasteiger partial charge in [0.2, 0.25) is 0 Å². The molecule has 6 nitrogen and oxygen atoms in total. The van der Waals surface area contributed by atoms with E-state index in [1.165, 1.54) is 12.3 Å². The Bertz CT molecular complexity index is 995. The summed E-state index contributed by atoms with van der Waals surface area (Å²) in [4.78, 5) is 16.5. The second-order valence-corrected chi connectivity index (χ2v) is 6.28. The molecule has 1 heterocycles. The molecule has 3 aromatic rings. The number of amides is 1. The van der Waals surface area contributed by atoms with Crippen LogP contribution in [-0.4, -0.2) is 25.1 Å². The highest BCUT2D eigenvalue weighted by atomic mass is 19.1. The molecular weight excluding hydrogens is 373 g/mol. The molecular formula is C22H22FN3O3. The summed E-state index contributed by atoms with van der Waals surface area (Å²) in [5.74, 6) is 0.629. The van der Waals surface area contributed by atoms with E-state index in [0.29, 0.717) is 34.9 Å². The number of hydrogen-bond donors (Lipinski definition) is 2. The van der Waals surface area contributed by atoms with Gasteiger partial charge in [0, 0.05) is 31.0 Å². The fourth-order valence-corrected chi connectivity index (χ4v) is 2.77. The lowest BCUT2D eigenvalue weighted by Crippen LogP contribution is -2.23. The molecule has 2 N–H and O–H groups in total. The quantitative estimate of drug-likeness (QED) is 0.607. The van der Waals surface area contributed by atoms with E-state index in [-0.39, 0.29) is 18.3 Å². The molecule has 0 atom stereocenters. The molecule has 0 spiro atoms. The molecule has 0 saturated carbocycles. The number of aromatic nitrogens is 1. The van der Waals surface area contributed by atoms with Gasteiger partial charge < -0.3 is 20.1 Å². The fraction of sp³-hybridized carbons (Fsp3) is 0.182. The number of benzene rings is 2. The Labute approximate surface area is 168 Å². The standard InChI is InChI=1S/C22H22FN3O3/c1-28-20-8-7-15(9-21(20)29-2)11-25-18-10-17(12-24-14-18)22(27)26-13-16-5-3-4-6-19(16)23/h3-10,12,14,25H,11,13H2,1-2H3,(H,26,27). The van der Waals surface area contributed by atoms with Crippen LogP contribution in [0.4, 0.5) is 10.1 Å². The Kier molecular flexibility index (Phi) is 6.63. The summed E-state index contributed by atoms with van der Waals surface area (Å²) in [5.41, 5.74) is 2.49. The van der Waals surface area contributed by atoms with Crippen molar-refractivity contribution < 1.29 is 18.7 Å². The van der Waals surface area contributed by atoms with Crippen molar-refractivity contribution in [3.63, 3.8) is 0 Å². The van der Waals surface area contributed by atoms with Crippen LogP contribution in [0.2, 0.25) is 0 Å². The molecule has 29 heavy (non-hydrogen) atoms. The van der Waals surface area contributed by atoms with E-state index in [1.807, 2.05) is 18.2 Å². The number of rotatable bonds is 8. The van der Waals surface area contributed by atoms with E-state index in [1.54, 1.807) is 44.7 Å². The molecule has 0 radical (unpaired) electrons. The van der Waals surface area contributed by atoms with Crippen molar-refractivity contribution >= 4 is 11.6 Å².